The summed E-state index contributed by atoms with van der Waals surface area (Å²) >= 11 is 0. The average Bonchev–Trinajstić information content (AvgIpc) is 2.80. The van der Waals surface area contributed by atoms with Crippen LogP contribution < -0.4 is 11.1 Å². The number of hydrogen-bond donors (Lipinski definition) is 3. The van der Waals surface area contributed by atoms with Crippen LogP contribution in [0.2, 0.25) is 0 Å². The number of nitrogens with zero attached hydrogens (tertiary/aromatic N) is 1. The molecule has 1 unspecified atom stereocenters. The Morgan fingerprint density at radius 2 is 1.82 bits per heavy atom. The third-order valence-electron chi connectivity index (χ3n) is 5.31. The van der Waals surface area contributed by atoms with Gasteiger partial charge in [0.25, 0.3) is 5.91 Å². The first-order valence-corrected chi connectivity index (χ1v) is 10.0. The summed E-state index contributed by atoms with van der Waals surface area (Å²) in [5.41, 5.74) is 3.75. The summed E-state index contributed by atoms with van der Waals surface area (Å²) in [6.45, 7) is 0.797. The van der Waals surface area contributed by atoms with Crippen LogP contribution in [0.5, 0.6) is 5.75 Å². The zero-order valence-corrected chi connectivity index (χ0v) is 18.1. The minimum absolute atomic E-state index is 0.0163. The van der Waals surface area contributed by atoms with Crippen molar-refractivity contribution < 1.29 is 37.4 Å². The number of rotatable bonds is 9. The van der Waals surface area contributed by atoms with Gasteiger partial charge in [-0.3, -0.25) is 9.59 Å². The van der Waals surface area contributed by atoms with Crippen LogP contribution in [-0.2, 0) is 32.1 Å². The highest BCUT2D eigenvalue weighted by molar-refractivity contribution is 5.94. The fourth-order valence-electron chi connectivity index (χ4n) is 3.28. The molecule has 0 aliphatic carbocycles. The third kappa shape index (κ3) is 6.25. The second-order valence-electron chi connectivity index (χ2n) is 7.52. The minimum atomic E-state index is -5.42. The molecular formula is C23H22F3N3O5. The van der Waals surface area contributed by atoms with Gasteiger partial charge in [-0.15, -0.1) is 0 Å². The van der Waals surface area contributed by atoms with E-state index in [0.717, 1.165) is 6.92 Å². The standard InChI is InChI=1S/C23H22F3N3O5/c1-14(19(31)29-13-17-11-16(12-27)7-8-18(17)30)22(20(28)32,34-21(33)23(24,25)26)10-9-15-5-3-2-4-6-15/h2-8,11,14,30H,9-10,13H2,1H3,(H2,28,32)(H,29,31)/t14-,22?/m1/s1. The maximum atomic E-state index is 13.0. The number of benzene rings is 2. The molecular weight excluding hydrogens is 455 g/mol. The molecule has 0 saturated carbocycles. The van der Waals surface area contributed by atoms with Crippen LogP contribution in [0, 0.1) is 17.2 Å². The Morgan fingerprint density at radius 3 is 2.38 bits per heavy atom. The van der Waals surface area contributed by atoms with Crippen LogP contribution in [-0.4, -0.2) is 34.7 Å². The summed E-state index contributed by atoms with van der Waals surface area (Å²) < 4.78 is 43.5. The summed E-state index contributed by atoms with van der Waals surface area (Å²) in [6.07, 6.45) is -5.93. The van der Waals surface area contributed by atoms with E-state index in [1.165, 1.54) is 18.2 Å². The van der Waals surface area contributed by atoms with Gasteiger partial charge in [-0.1, -0.05) is 30.3 Å². The van der Waals surface area contributed by atoms with E-state index < -0.39 is 41.9 Å². The van der Waals surface area contributed by atoms with Gasteiger partial charge < -0.3 is 20.9 Å². The van der Waals surface area contributed by atoms with E-state index in [1.54, 1.807) is 30.3 Å². The lowest BCUT2D eigenvalue weighted by molar-refractivity contribution is -0.218. The van der Waals surface area contributed by atoms with Crippen molar-refractivity contribution in [1.29, 1.82) is 5.26 Å². The Bertz CT molecular complexity index is 1100. The SMILES string of the molecule is C[C@H](C(=O)NCc1cc(C#N)ccc1O)C(CCc1ccccc1)(OC(=O)C(F)(F)F)C(N)=O. The summed E-state index contributed by atoms with van der Waals surface area (Å²) in [6, 6.07) is 14.1. The number of aryl methyl sites for hydroxylation is 1. The largest absolute Gasteiger partial charge is 0.508 e. The van der Waals surface area contributed by atoms with Gasteiger partial charge >= 0.3 is 12.1 Å². The highest BCUT2D eigenvalue weighted by Gasteiger charge is 2.53. The van der Waals surface area contributed by atoms with Gasteiger partial charge in [0.2, 0.25) is 11.5 Å². The molecule has 0 aliphatic heterocycles. The number of carbonyl (C=O) groups is 3. The number of ether oxygens (including phenoxy) is 1. The van der Waals surface area contributed by atoms with Crippen molar-refractivity contribution in [1.82, 2.24) is 5.32 Å². The van der Waals surface area contributed by atoms with Crippen molar-refractivity contribution in [3.63, 3.8) is 0 Å². The molecule has 2 rings (SSSR count). The lowest BCUT2D eigenvalue weighted by Crippen LogP contribution is -2.58. The Hall–Kier alpha value is -4.07. The predicted molar refractivity (Wildman–Crippen MR) is 113 cm³/mol. The molecule has 2 atom stereocenters. The van der Waals surface area contributed by atoms with Crippen LogP contribution in [0.1, 0.15) is 30.0 Å². The molecule has 34 heavy (non-hydrogen) atoms. The quantitative estimate of drug-likeness (QED) is 0.474. The van der Waals surface area contributed by atoms with E-state index >= 15 is 0 Å². The first-order valence-electron chi connectivity index (χ1n) is 10.0. The number of halogens is 3. The maximum Gasteiger partial charge on any atom is 0.490 e. The topological polar surface area (TPSA) is 143 Å². The van der Waals surface area contributed by atoms with Crippen LogP contribution in [0.4, 0.5) is 13.2 Å². The number of phenols is 1. The first-order chi connectivity index (χ1) is 15.9. The van der Waals surface area contributed by atoms with E-state index in [1.807, 2.05) is 6.07 Å². The Balaban J connectivity index is 2.33. The zero-order valence-electron chi connectivity index (χ0n) is 18.1. The van der Waals surface area contributed by atoms with Crippen molar-refractivity contribution in [2.24, 2.45) is 11.7 Å². The van der Waals surface area contributed by atoms with Gasteiger partial charge in [0.05, 0.1) is 17.6 Å². The number of phenolic OH excluding ortho intramolecular Hbond substituents is 1. The number of amides is 2. The number of alkyl halides is 3. The molecule has 0 heterocycles. The zero-order chi connectivity index (χ0) is 25.5. The number of nitriles is 1. The van der Waals surface area contributed by atoms with E-state index in [-0.39, 0.29) is 29.8 Å². The first kappa shape index (κ1) is 26.2. The van der Waals surface area contributed by atoms with Crippen LogP contribution in [0.3, 0.4) is 0 Å². The van der Waals surface area contributed by atoms with E-state index in [9.17, 15) is 32.7 Å². The third-order valence-corrected chi connectivity index (χ3v) is 5.31. The molecule has 2 amide bonds. The van der Waals surface area contributed by atoms with Crippen molar-refractivity contribution in [2.45, 2.75) is 38.1 Å². The fourth-order valence-corrected chi connectivity index (χ4v) is 3.28. The van der Waals surface area contributed by atoms with Gasteiger partial charge in [-0.2, -0.15) is 18.4 Å². The Kier molecular flexibility index (Phi) is 8.24. The molecule has 0 aliphatic rings. The minimum Gasteiger partial charge on any atom is -0.508 e. The van der Waals surface area contributed by atoms with E-state index in [2.05, 4.69) is 10.1 Å². The number of carbonyl (C=O) groups excluding carboxylic acids is 3. The number of hydrogen-bond acceptors (Lipinski definition) is 6. The Labute approximate surface area is 193 Å². The second kappa shape index (κ2) is 10.7. The normalized spacial score (nSPS) is 13.7. The second-order valence-corrected chi connectivity index (χ2v) is 7.52. The molecule has 0 fully saturated rings. The van der Waals surface area contributed by atoms with Crippen LogP contribution >= 0.6 is 0 Å². The van der Waals surface area contributed by atoms with Gasteiger partial charge in [0.1, 0.15) is 5.75 Å². The van der Waals surface area contributed by atoms with Gasteiger partial charge in [-0.25, -0.2) is 4.79 Å². The number of primary amides is 1. The number of nitrogens with two attached hydrogens (primary N) is 1. The molecule has 8 nitrogen and oxygen atoms in total. The molecule has 0 saturated heterocycles. The van der Waals surface area contributed by atoms with E-state index in [0.29, 0.717) is 5.56 Å². The van der Waals surface area contributed by atoms with Crippen molar-refractivity contribution in [3.05, 3.63) is 65.2 Å². The summed E-state index contributed by atoms with van der Waals surface area (Å²) in [5.74, 6) is -6.89. The molecule has 0 aromatic heterocycles. The van der Waals surface area contributed by atoms with Gasteiger partial charge in [0, 0.05) is 18.5 Å². The summed E-state index contributed by atoms with van der Waals surface area (Å²) in [7, 11) is 0. The van der Waals surface area contributed by atoms with Crippen LogP contribution in [0.15, 0.2) is 48.5 Å². The van der Waals surface area contributed by atoms with Gasteiger partial charge in [-0.05, 0) is 37.1 Å². The van der Waals surface area contributed by atoms with Crippen LogP contribution in [0.25, 0.3) is 0 Å². The highest BCUT2D eigenvalue weighted by Crippen LogP contribution is 2.32. The monoisotopic (exact) mass is 477 g/mol. The maximum absolute atomic E-state index is 13.0. The molecule has 0 spiro atoms. The van der Waals surface area contributed by atoms with E-state index in [4.69, 9.17) is 11.0 Å². The van der Waals surface area contributed by atoms with Crippen molar-refractivity contribution in [3.8, 4) is 11.8 Å². The molecule has 4 N–H and O–H groups in total. The number of nitrogens with one attached hydrogen (secondary N) is 1. The average molecular weight is 477 g/mol. The number of esters is 1. The molecule has 2 aromatic carbocycles. The summed E-state index contributed by atoms with van der Waals surface area (Å²) in [5, 5.41) is 21.3. The smallest absolute Gasteiger partial charge is 0.490 e. The lowest BCUT2D eigenvalue weighted by Gasteiger charge is -2.35. The van der Waals surface area contributed by atoms with Crippen molar-refractivity contribution in [2.75, 3.05) is 0 Å². The number of aromatic hydroxyl groups is 1. The highest BCUT2D eigenvalue weighted by atomic mass is 19.4. The lowest BCUT2D eigenvalue weighted by atomic mass is 9.81. The predicted octanol–water partition coefficient (Wildman–Crippen LogP) is 2.48. The van der Waals surface area contributed by atoms with Gasteiger partial charge in [0.15, 0.2) is 0 Å². The molecule has 0 bridgehead atoms. The fraction of sp³-hybridized carbons (Fsp3) is 0.304. The summed E-state index contributed by atoms with van der Waals surface area (Å²) in [4.78, 5) is 36.9. The molecule has 180 valence electrons. The molecule has 11 heteroatoms. The Morgan fingerprint density at radius 1 is 1.18 bits per heavy atom. The molecule has 2 aromatic rings. The molecule has 0 radical (unpaired) electrons. The van der Waals surface area contributed by atoms with Crippen molar-refractivity contribution >= 4 is 17.8 Å².